The summed E-state index contributed by atoms with van der Waals surface area (Å²) in [4.78, 5) is 0. The van der Waals surface area contributed by atoms with Crippen LogP contribution in [-0.2, 0) is 0 Å². The topological polar surface area (TPSA) is 34.0 Å². The summed E-state index contributed by atoms with van der Waals surface area (Å²) in [7, 11) is 1.65. The second-order valence-corrected chi connectivity index (χ2v) is 3.69. The van der Waals surface area contributed by atoms with Gasteiger partial charge in [0.25, 0.3) is 0 Å². The second-order valence-electron chi connectivity index (χ2n) is 3.69. The summed E-state index contributed by atoms with van der Waals surface area (Å²) in [5, 5.41) is 8.32. The molecule has 0 aliphatic carbocycles. The van der Waals surface area contributed by atoms with E-state index in [-0.39, 0.29) is 0 Å². The number of azo groups is 1. The number of aryl methyl sites for hydroxylation is 1. The smallest absolute Gasteiger partial charge is 0.123 e. The standard InChI is InChI=1S/C14H14N2O/c1-11-8-9-13(10-14(11)17-2)16-15-12-6-4-3-5-7-12/h3-10H,1-2H3. The quantitative estimate of drug-likeness (QED) is 0.713. The fraction of sp³-hybridized carbons (Fsp3) is 0.143. The monoisotopic (exact) mass is 226 g/mol. The predicted molar refractivity (Wildman–Crippen MR) is 68.3 cm³/mol. The molecule has 86 valence electrons. The molecule has 0 saturated carbocycles. The fourth-order valence-corrected chi connectivity index (χ4v) is 1.48. The highest BCUT2D eigenvalue weighted by molar-refractivity contribution is 5.47. The summed E-state index contributed by atoms with van der Waals surface area (Å²) >= 11 is 0. The molecule has 2 rings (SSSR count). The van der Waals surface area contributed by atoms with Crippen LogP contribution in [0.5, 0.6) is 5.75 Å². The van der Waals surface area contributed by atoms with E-state index < -0.39 is 0 Å². The average molecular weight is 226 g/mol. The molecule has 0 aliphatic rings. The Hall–Kier alpha value is -2.16. The van der Waals surface area contributed by atoms with E-state index >= 15 is 0 Å². The molecule has 3 nitrogen and oxygen atoms in total. The molecule has 0 saturated heterocycles. The first-order chi connectivity index (χ1) is 8.29. The predicted octanol–water partition coefficient (Wildman–Crippen LogP) is 4.42. The molecule has 2 aromatic carbocycles. The first-order valence-corrected chi connectivity index (χ1v) is 5.41. The van der Waals surface area contributed by atoms with Crippen molar-refractivity contribution >= 4 is 11.4 Å². The molecule has 0 bridgehead atoms. The van der Waals surface area contributed by atoms with E-state index in [1.807, 2.05) is 55.5 Å². The third-order valence-electron chi connectivity index (χ3n) is 2.43. The van der Waals surface area contributed by atoms with Crippen LogP contribution in [0.25, 0.3) is 0 Å². The minimum atomic E-state index is 0.788. The molecule has 0 atom stereocenters. The first kappa shape index (κ1) is 11.3. The molecule has 0 N–H and O–H groups in total. The lowest BCUT2D eigenvalue weighted by Gasteiger charge is -2.03. The molecule has 17 heavy (non-hydrogen) atoms. The highest BCUT2D eigenvalue weighted by Gasteiger charge is 1.98. The van der Waals surface area contributed by atoms with Crippen LogP contribution >= 0.6 is 0 Å². The van der Waals surface area contributed by atoms with Crippen LogP contribution in [-0.4, -0.2) is 7.11 Å². The van der Waals surface area contributed by atoms with E-state index in [0.29, 0.717) is 0 Å². The third-order valence-corrected chi connectivity index (χ3v) is 2.43. The lowest BCUT2D eigenvalue weighted by molar-refractivity contribution is 0.412. The van der Waals surface area contributed by atoms with Gasteiger partial charge in [-0.1, -0.05) is 24.3 Å². The number of ether oxygens (including phenoxy) is 1. The van der Waals surface area contributed by atoms with Crippen LogP contribution in [0.2, 0.25) is 0 Å². The zero-order valence-electron chi connectivity index (χ0n) is 9.92. The zero-order chi connectivity index (χ0) is 12.1. The summed E-state index contributed by atoms with van der Waals surface area (Å²) < 4.78 is 5.24. The Morgan fingerprint density at radius 2 is 1.59 bits per heavy atom. The Balaban J connectivity index is 2.22. The summed E-state index contributed by atoms with van der Waals surface area (Å²) in [6.45, 7) is 2.00. The van der Waals surface area contributed by atoms with Crippen molar-refractivity contribution in [2.75, 3.05) is 7.11 Å². The number of hydrogen-bond acceptors (Lipinski definition) is 3. The van der Waals surface area contributed by atoms with Crippen molar-refractivity contribution in [2.45, 2.75) is 6.92 Å². The molecular formula is C14H14N2O. The van der Waals surface area contributed by atoms with E-state index in [1.165, 1.54) is 0 Å². The summed E-state index contributed by atoms with van der Waals surface area (Å²) in [5.41, 5.74) is 2.72. The molecule has 0 unspecified atom stereocenters. The van der Waals surface area contributed by atoms with Gasteiger partial charge in [-0.15, -0.1) is 0 Å². The average Bonchev–Trinajstić information content (AvgIpc) is 2.39. The SMILES string of the molecule is COc1cc(N=Nc2ccccc2)ccc1C. The van der Waals surface area contributed by atoms with Crippen molar-refractivity contribution < 1.29 is 4.74 Å². The van der Waals surface area contributed by atoms with Crippen molar-refractivity contribution in [3.8, 4) is 5.75 Å². The lowest BCUT2D eigenvalue weighted by atomic mass is 10.2. The number of hydrogen-bond donors (Lipinski definition) is 0. The van der Waals surface area contributed by atoms with Gasteiger partial charge >= 0.3 is 0 Å². The van der Waals surface area contributed by atoms with E-state index in [2.05, 4.69) is 10.2 Å². The molecule has 0 amide bonds. The zero-order valence-corrected chi connectivity index (χ0v) is 9.92. The summed E-state index contributed by atoms with van der Waals surface area (Å²) in [6.07, 6.45) is 0. The molecule has 0 radical (unpaired) electrons. The van der Waals surface area contributed by atoms with Gasteiger partial charge in [-0.25, -0.2) is 0 Å². The highest BCUT2D eigenvalue weighted by atomic mass is 16.5. The van der Waals surface area contributed by atoms with Crippen molar-refractivity contribution in [3.05, 3.63) is 54.1 Å². The van der Waals surface area contributed by atoms with Crippen molar-refractivity contribution in [2.24, 2.45) is 10.2 Å². The number of nitrogens with zero attached hydrogens (tertiary/aromatic N) is 2. The molecule has 0 spiro atoms. The second kappa shape index (κ2) is 5.25. The molecule has 3 heteroatoms. The Bertz CT molecular complexity index is 521. The summed E-state index contributed by atoms with van der Waals surface area (Å²) in [6, 6.07) is 15.4. The van der Waals surface area contributed by atoms with Gasteiger partial charge in [-0.3, -0.25) is 0 Å². The van der Waals surface area contributed by atoms with Crippen LogP contribution in [0.1, 0.15) is 5.56 Å². The van der Waals surface area contributed by atoms with Crippen LogP contribution in [0.3, 0.4) is 0 Å². The third kappa shape index (κ3) is 2.91. The molecular weight excluding hydrogens is 212 g/mol. The van der Waals surface area contributed by atoms with Gasteiger partial charge in [0.1, 0.15) is 5.75 Å². The van der Waals surface area contributed by atoms with Gasteiger partial charge in [0.2, 0.25) is 0 Å². The minimum absolute atomic E-state index is 0.788. The first-order valence-electron chi connectivity index (χ1n) is 5.41. The van der Waals surface area contributed by atoms with Gasteiger partial charge in [-0.05, 0) is 30.7 Å². The maximum Gasteiger partial charge on any atom is 0.123 e. The minimum Gasteiger partial charge on any atom is -0.496 e. The molecule has 0 heterocycles. The molecule has 0 fully saturated rings. The van der Waals surface area contributed by atoms with Crippen LogP contribution < -0.4 is 4.74 Å². The maximum atomic E-state index is 5.24. The van der Waals surface area contributed by atoms with Gasteiger partial charge in [0.15, 0.2) is 0 Å². The van der Waals surface area contributed by atoms with Gasteiger partial charge in [-0.2, -0.15) is 10.2 Å². The summed E-state index contributed by atoms with van der Waals surface area (Å²) in [5.74, 6) is 0.828. The van der Waals surface area contributed by atoms with Crippen molar-refractivity contribution in [1.29, 1.82) is 0 Å². The Morgan fingerprint density at radius 1 is 0.882 bits per heavy atom. The van der Waals surface area contributed by atoms with E-state index in [4.69, 9.17) is 4.74 Å². The lowest BCUT2D eigenvalue weighted by Crippen LogP contribution is -1.85. The van der Waals surface area contributed by atoms with E-state index in [9.17, 15) is 0 Å². The highest BCUT2D eigenvalue weighted by Crippen LogP contribution is 2.25. The van der Waals surface area contributed by atoms with Crippen LogP contribution in [0.15, 0.2) is 58.8 Å². The molecule has 2 aromatic rings. The number of benzene rings is 2. The van der Waals surface area contributed by atoms with E-state index in [0.717, 1.165) is 22.7 Å². The van der Waals surface area contributed by atoms with Crippen molar-refractivity contribution in [1.82, 2.24) is 0 Å². The largest absolute Gasteiger partial charge is 0.496 e. The number of methoxy groups -OCH3 is 1. The Kier molecular flexibility index (Phi) is 3.50. The van der Waals surface area contributed by atoms with Gasteiger partial charge < -0.3 is 4.74 Å². The maximum absolute atomic E-state index is 5.24. The Morgan fingerprint density at radius 3 is 2.29 bits per heavy atom. The normalized spacial score (nSPS) is 10.7. The molecule has 0 aromatic heterocycles. The van der Waals surface area contributed by atoms with E-state index in [1.54, 1.807) is 7.11 Å². The van der Waals surface area contributed by atoms with Gasteiger partial charge in [0, 0.05) is 6.07 Å². The van der Waals surface area contributed by atoms with Crippen LogP contribution in [0, 0.1) is 6.92 Å². The molecule has 0 aliphatic heterocycles. The van der Waals surface area contributed by atoms with Crippen molar-refractivity contribution in [3.63, 3.8) is 0 Å². The van der Waals surface area contributed by atoms with Gasteiger partial charge in [0.05, 0.1) is 18.5 Å². The van der Waals surface area contributed by atoms with Crippen LogP contribution in [0.4, 0.5) is 11.4 Å². The number of rotatable bonds is 3. The Labute approximate surface area is 101 Å². The fourth-order valence-electron chi connectivity index (χ4n) is 1.48.